The monoisotopic (exact) mass is 374 g/mol. The lowest BCUT2D eigenvalue weighted by Crippen LogP contribution is -2.17. The predicted molar refractivity (Wildman–Crippen MR) is 94.6 cm³/mol. The van der Waals surface area contributed by atoms with Crippen molar-refractivity contribution in [3.05, 3.63) is 46.4 Å². The Kier molecular flexibility index (Phi) is 5.29. The van der Waals surface area contributed by atoms with E-state index in [-0.39, 0.29) is 9.92 Å². The summed E-state index contributed by atoms with van der Waals surface area (Å²) in [4.78, 5) is 1.77. The second-order valence-corrected chi connectivity index (χ2v) is 7.43. The molecular formula is C15H16Cl2N2O3S. The molecule has 0 atom stereocenters. The highest BCUT2D eigenvalue weighted by Crippen LogP contribution is 2.34. The second kappa shape index (κ2) is 6.86. The first-order valence-electron chi connectivity index (χ1n) is 6.58. The van der Waals surface area contributed by atoms with Crippen molar-refractivity contribution in [2.45, 2.75) is 4.90 Å². The van der Waals surface area contributed by atoms with Crippen LogP contribution in [0.5, 0.6) is 5.75 Å². The second-order valence-electron chi connectivity index (χ2n) is 4.93. The molecule has 0 saturated carbocycles. The van der Waals surface area contributed by atoms with E-state index in [4.69, 9.17) is 27.9 Å². The van der Waals surface area contributed by atoms with Crippen molar-refractivity contribution in [2.75, 3.05) is 30.8 Å². The van der Waals surface area contributed by atoms with Crippen LogP contribution in [0.3, 0.4) is 0 Å². The molecule has 0 unspecified atom stereocenters. The van der Waals surface area contributed by atoms with E-state index in [1.807, 2.05) is 0 Å². The molecule has 0 heterocycles. The first-order valence-corrected chi connectivity index (χ1v) is 8.82. The van der Waals surface area contributed by atoms with Crippen molar-refractivity contribution < 1.29 is 13.2 Å². The first-order chi connectivity index (χ1) is 10.8. The maximum absolute atomic E-state index is 12.6. The Labute approximate surface area is 145 Å². The Hall–Kier alpha value is -1.63. The molecule has 8 heteroatoms. The van der Waals surface area contributed by atoms with Gasteiger partial charge in [0.05, 0.1) is 33.4 Å². The number of ether oxygens (including phenoxy) is 1. The molecule has 0 aromatic heterocycles. The molecule has 0 saturated heterocycles. The van der Waals surface area contributed by atoms with Gasteiger partial charge >= 0.3 is 0 Å². The quantitative estimate of drug-likeness (QED) is 0.862. The summed E-state index contributed by atoms with van der Waals surface area (Å²) in [5, 5.41) is 0.664. The molecule has 0 aliphatic carbocycles. The lowest BCUT2D eigenvalue weighted by atomic mass is 10.2. The number of halogens is 2. The van der Waals surface area contributed by atoms with Crippen LogP contribution < -0.4 is 14.4 Å². The zero-order chi connectivity index (χ0) is 17.2. The molecule has 0 aliphatic rings. The summed E-state index contributed by atoms with van der Waals surface area (Å²) in [6.45, 7) is 0. The Morgan fingerprint density at radius 2 is 1.78 bits per heavy atom. The van der Waals surface area contributed by atoms with Crippen LogP contribution >= 0.6 is 23.2 Å². The van der Waals surface area contributed by atoms with E-state index in [1.54, 1.807) is 37.2 Å². The molecule has 0 aliphatic heterocycles. The number of methoxy groups -OCH3 is 1. The molecule has 0 radical (unpaired) electrons. The highest BCUT2D eigenvalue weighted by atomic mass is 35.5. The Balaban J connectivity index is 2.43. The third-order valence-electron chi connectivity index (χ3n) is 3.11. The maximum atomic E-state index is 12.6. The number of nitrogens with zero attached hydrogens (tertiary/aromatic N) is 1. The summed E-state index contributed by atoms with van der Waals surface area (Å²) in [6.07, 6.45) is 0. The van der Waals surface area contributed by atoms with E-state index < -0.39 is 10.0 Å². The van der Waals surface area contributed by atoms with Crippen molar-refractivity contribution >= 4 is 44.6 Å². The van der Waals surface area contributed by atoms with Crippen molar-refractivity contribution in [3.8, 4) is 5.75 Å². The zero-order valence-electron chi connectivity index (χ0n) is 12.8. The molecule has 2 rings (SSSR count). The summed E-state index contributed by atoms with van der Waals surface area (Å²) in [5.74, 6) is 0.405. The van der Waals surface area contributed by atoms with E-state index in [1.165, 1.54) is 25.3 Å². The summed E-state index contributed by atoms with van der Waals surface area (Å²) >= 11 is 12.1. The largest absolute Gasteiger partial charge is 0.495 e. The fourth-order valence-corrected chi connectivity index (χ4v) is 3.83. The van der Waals surface area contributed by atoms with Gasteiger partial charge in [-0.05, 0) is 30.3 Å². The topological polar surface area (TPSA) is 58.6 Å². The van der Waals surface area contributed by atoms with Gasteiger partial charge in [-0.3, -0.25) is 4.72 Å². The van der Waals surface area contributed by atoms with Gasteiger partial charge in [0, 0.05) is 14.1 Å². The van der Waals surface area contributed by atoms with Gasteiger partial charge in [-0.2, -0.15) is 0 Å². The molecule has 0 bridgehead atoms. The molecule has 23 heavy (non-hydrogen) atoms. The van der Waals surface area contributed by atoms with Crippen LogP contribution in [0, 0.1) is 0 Å². The molecule has 124 valence electrons. The maximum Gasteiger partial charge on any atom is 0.262 e. The van der Waals surface area contributed by atoms with Crippen LogP contribution in [-0.4, -0.2) is 29.6 Å². The van der Waals surface area contributed by atoms with E-state index in [2.05, 4.69) is 4.72 Å². The van der Waals surface area contributed by atoms with Crippen LogP contribution in [-0.2, 0) is 10.0 Å². The van der Waals surface area contributed by atoms with Gasteiger partial charge in [0.2, 0.25) is 0 Å². The Morgan fingerprint density at radius 3 is 2.35 bits per heavy atom. The minimum atomic E-state index is -3.81. The number of sulfonamides is 1. The molecule has 2 aromatic carbocycles. The number of para-hydroxylation sites is 1. The molecule has 5 nitrogen and oxygen atoms in total. The van der Waals surface area contributed by atoms with Gasteiger partial charge in [-0.25, -0.2) is 8.42 Å². The lowest BCUT2D eigenvalue weighted by Gasteiger charge is -2.20. The van der Waals surface area contributed by atoms with Crippen LogP contribution in [0.1, 0.15) is 0 Å². The molecule has 1 N–H and O–H groups in total. The Bertz CT molecular complexity index is 823. The fourth-order valence-electron chi connectivity index (χ4n) is 2.07. The summed E-state index contributed by atoms with van der Waals surface area (Å²) < 4.78 is 32.7. The number of rotatable bonds is 5. The van der Waals surface area contributed by atoms with Crippen molar-refractivity contribution in [2.24, 2.45) is 0 Å². The van der Waals surface area contributed by atoms with Crippen LogP contribution in [0.2, 0.25) is 10.0 Å². The molecule has 0 fully saturated rings. The fraction of sp³-hybridized carbons (Fsp3) is 0.200. The van der Waals surface area contributed by atoms with Crippen molar-refractivity contribution in [1.82, 2.24) is 0 Å². The van der Waals surface area contributed by atoms with Gasteiger partial charge in [-0.1, -0.05) is 29.3 Å². The molecular weight excluding hydrogens is 359 g/mol. The third-order valence-corrected chi connectivity index (χ3v) is 5.08. The average Bonchev–Trinajstić information content (AvgIpc) is 2.46. The van der Waals surface area contributed by atoms with Gasteiger partial charge in [-0.15, -0.1) is 0 Å². The number of benzene rings is 2. The minimum absolute atomic E-state index is 0.0352. The standard InChI is InChI=1S/C15H16Cl2N2O3S/c1-19(2)15-11(16)5-4-6-13(15)18-23(20,21)10-7-8-14(22-3)12(17)9-10/h4-9,18H,1-3H3. The van der Waals surface area contributed by atoms with E-state index >= 15 is 0 Å². The molecule has 0 amide bonds. The van der Waals surface area contributed by atoms with Crippen molar-refractivity contribution in [3.63, 3.8) is 0 Å². The summed E-state index contributed by atoms with van der Waals surface area (Å²) in [6, 6.07) is 9.27. The van der Waals surface area contributed by atoms with Gasteiger partial charge in [0.15, 0.2) is 0 Å². The van der Waals surface area contributed by atoms with Crippen molar-refractivity contribution in [1.29, 1.82) is 0 Å². The van der Waals surface area contributed by atoms with Gasteiger partial charge in [0.25, 0.3) is 10.0 Å². The van der Waals surface area contributed by atoms with Gasteiger partial charge < -0.3 is 9.64 Å². The number of hydrogen-bond acceptors (Lipinski definition) is 4. The summed E-state index contributed by atoms with van der Waals surface area (Å²) in [5.41, 5.74) is 0.965. The number of nitrogens with one attached hydrogen (secondary N) is 1. The predicted octanol–water partition coefficient (Wildman–Crippen LogP) is 3.87. The zero-order valence-corrected chi connectivity index (χ0v) is 15.1. The first kappa shape index (κ1) is 17.7. The van der Waals surface area contributed by atoms with Crippen LogP contribution in [0.4, 0.5) is 11.4 Å². The SMILES string of the molecule is COc1ccc(S(=O)(=O)Nc2cccc(Cl)c2N(C)C)cc1Cl. The highest BCUT2D eigenvalue weighted by Gasteiger charge is 2.19. The number of anilines is 2. The van der Waals surface area contributed by atoms with Gasteiger partial charge in [0.1, 0.15) is 5.75 Å². The smallest absolute Gasteiger partial charge is 0.262 e. The normalized spacial score (nSPS) is 11.2. The number of hydrogen-bond donors (Lipinski definition) is 1. The third kappa shape index (κ3) is 3.83. The van der Waals surface area contributed by atoms with E-state index in [0.717, 1.165) is 0 Å². The minimum Gasteiger partial charge on any atom is -0.495 e. The highest BCUT2D eigenvalue weighted by molar-refractivity contribution is 7.92. The van der Waals surface area contributed by atoms with Crippen LogP contribution in [0.25, 0.3) is 0 Å². The van der Waals surface area contributed by atoms with E-state index in [9.17, 15) is 8.42 Å². The van der Waals surface area contributed by atoms with Crippen LogP contribution in [0.15, 0.2) is 41.3 Å². The Morgan fingerprint density at radius 1 is 1.09 bits per heavy atom. The lowest BCUT2D eigenvalue weighted by molar-refractivity contribution is 0.414. The molecule has 0 spiro atoms. The average molecular weight is 375 g/mol. The molecule has 2 aromatic rings. The summed E-state index contributed by atoms with van der Waals surface area (Å²) in [7, 11) is 1.21. The van der Waals surface area contributed by atoms with E-state index in [0.29, 0.717) is 22.1 Å².